The Kier molecular flexibility index (Phi) is 7.54. The van der Waals surface area contributed by atoms with Crippen molar-refractivity contribution in [2.45, 2.75) is 0 Å². The lowest BCUT2D eigenvalue weighted by atomic mass is 9.97. The molecule has 0 N–H and O–H groups in total. The fraction of sp³-hybridized carbons (Fsp3) is 0. The molecule has 3 nitrogen and oxygen atoms in total. The number of hydrogen-bond donors (Lipinski definition) is 0. The van der Waals surface area contributed by atoms with E-state index in [9.17, 15) is 0 Å². The van der Waals surface area contributed by atoms with Crippen molar-refractivity contribution in [1.82, 2.24) is 4.57 Å². The first-order valence-corrected chi connectivity index (χ1v) is 20.2. The van der Waals surface area contributed by atoms with Gasteiger partial charge in [0.05, 0.1) is 22.4 Å². The van der Waals surface area contributed by atoms with Gasteiger partial charge in [-0.1, -0.05) is 164 Å². The lowest BCUT2D eigenvalue weighted by molar-refractivity contribution is 0.670. The minimum absolute atomic E-state index is 0.903. The molecule has 0 saturated carbocycles. The average molecular weight is 753 g/mol. The zero-order valence-electron chi connectivity index (χ0n) is 32.1. The van der Waals surface area contributed by atoms with Crippen LogP contribution < -0.4 is 4.90 Å². The molecule has 0 spiro atoms. The molecule has 0 fully saturated rings. The highest BCUT2D eigenvalue weighted by Gasteiger charge is 2.21. The van der Waals surface area contributed by atoms with Crippen molar-refractivity contribution < 1.29 is 4.42 Å². The third-order valence-corrected chi connectivity index (χ3v) is 12.0. The molecule has 0 bridgehead atoms. The summed E-state index contributed by atoms with van der Waals surface area (Å²) in [4.78, 5) is 2.42. The lowest BCUT2D eigenvalue weighted by Gasteiger charge is -2.28. The minimum atomic E-state index is 0.903. The molecule has 0 radical (unpaired) electrons. The first kappa shape index (κ1) is 33.3. The van der Waals surface area contributed by atoms with Crippen molar-refractivity contribution in [3.63, 3.8) is 0 Å². The molecule has 12 aromatic rings. The van der Waals surface area contributed by atoms with Gasteiger partial charge in [-0.25, -0.2) is 0 Å². The second-order valence-corrected chi connectivity index (χ2v) is 15.3. The van der Waals surface area contributed by atoms with E-state index in [2.05, 4.69) is 216 Å². The van der Waals surface area contributed by atoms with E-state index < -0.39 is 0 Å². The molecule has 0 atom stereocenters. The first-order chi connectivity index (χ1) is 29.3. The van der Waals surface area contributed by atoms with E-state index in [0.717, 1.165) is 61.4 Å². The van der Waals surface area contributed by atoms with E-state index in [1.807, 2.05) is 12.1 Å². The second kappa shape index (κ2) is 13.4. The van der Waals surface area contributed by atoms with Crippen molar-refractivity contribution in [2.75, 3.05) is 4.90 Å². The summed E-state index contributed by atoms with van der Waals surface area (Å²) in [5.74, 6) is 0. The number of furan rings is 1. The Balaban J connectivity index is 1.06. The van der Waals surface area contributed by atoms with Gasteiger partial charge < -0.3 is 13.9 Å². The summed E-state index contributed by atoms with van der Waals surface area (Å²) in [5, 5.41) is 9.63. The Labute approximate surface area is 341 Å². The van der Waals surface area contributed by atoms with E-state index in [1.165, 1.54) is 48.9 Å². The molecule has 2 aromatic heterocycles. The quantitative estimate of drug-likeness (QED) is 0.158. The molecule has 59 heavy (non-hydrogen) atoms. The van der Waals surface area contributed by atoms with Gasteiger partial charge >= 0.3 is 0 Å². The van der Waals surface area contributed by atoms with Gasteiger partial charge in [0.1, 0.15) is 11.2 Å². The Morgan fingerprint density at radius 2 is 0.949 bits per heavy atom. The highest BCUT2D eigenvalue weighted by atomic mass is 16.3. The van der Waals surface area contributed by atoms with E-state index in [1.54, 1.807) is 0 Å². The summed E-state index contributed by atoms with van der Waals surface area (Å²) < 4.78 is 8.89. The highest BCUT2D eigenvalue weighted by molar-refractivity contribution is 6.15. The van der Waals surface area contributed by atoms with Gasteiger partial charge in [-0.05, 0) is 81.9 Å². The molecule has 276 valence electrons. The predicted octanol–water partition coefficient (Wildman–Crippen LogP) is 15.8. The number of para-hydroxylation sites is 5. The van der Waals surface area contributed by atoms with Crippen LogP contribution in [0.5, 0.6) is 0 Å². The molecular formula is C56H36N2O. The highest BCUT2D eigenvalue weighted by Crippen LogP contribution is 2.45. The van der Waals surface area contributed by atoms with Crippen LogP contribution in [0.15, 0.2) is 223 Å². The molecular weight excluding hydrogens is 717 g/mol. The van der Waals surface area contributed by atoms with E-state index >= 15 is 0 Å². The van der Waals surface area contributed by atoms with Gasteiger partial charge in [0.2, 0.25) is 0 Å². The van der Waals surface area contributed by atoms with Gasteiger partial charge in [-0.2, -0.15) is 0 Å². The van der Waals surface area contributed by atoms with Crippen LogP contribution >= 0.6 is 0 Å². The third kappa shape index (κ3) is 5.29. The number of hydrogen-bond acceptors (Lipinski definition) is 2. The Morgan fingerprint density at radius 1 is 0.356 bits per heavy atom. The van der Waals surface area contributed by atoms with Gasteiger partial charge in [0.15, 0.2) is 0 Å². The van der Waals surface area contributed by atoms with Gasteiger partial charge in [-0.15, -0.1) is 0 Å². The Morgan fingerprint density at radius 3 is 1.75 bits per heavy atom. The maximum Gasteiger partial charge on any atom is 0.143 e. The fourth-order valence-electron chi connectivity index (χ4n) is 9.32. The van der Waals surface area contributed by atoms with Gasteiger partial charge in [0.25, 0.3) is 0 Å². The van der Waals surface area contributed by atoms with E-state index in [0.29, 0.717) is 0 Å². The zero-order valence-corrected chi connectivity index (χ0v) is 32.1. The maximum absolute atomic E-state index is 6.47. The molecule has 2 heterocycles. The molecule has 0 aliphatic carbocycles. The van der Waals surface area contributed by atoms with Gasteiger partial charge in [0, 0.05) is 49.4 Å². The van der Waals surface area contributed by atoms with Gasteiger partial charge in [-0.3, -0.25) is 0 Å². The normalized spacial score (nSPS) is 11.7. The minimum Gasteiger partial charge on any atom is -0.455 e. The molecule has 0 unspecified atom stereocenters. The van der Waals surface area contributed by atoms with Crippen LogP contribution in [-0.2, 0) is 0 Å². The van der Waals surface area contributed by atoms with Crippen molar-refractivity contribution in [3.05, 3.63) is 218 Å². The molecule has 0 aliphatic rings. The Bertz CT molecular complexity index is 3520. The summed E-state index contributed by atoms with van der Waals surface area (Å²) in [5.41, 5.74) is 13.1. The largest absolute Gasteiger partial charge is 0.455 e. The summed E-state index contributed by atoms with van der Waals surface area (Å²) >= 11 is 0. The van der Waals surface area contributed by atoms with Crippen molar-refractivity contribution >= 4 is 82.4 Å². The van der Waals surface area contributed by atoms with Crippen molar-refractivity contribution in [2.24, 2.45) is 0 Å². The lowest BCUT2D eigenvalue weighted by Crippen LogP contribution is -2.11. The van der Waals surface area contributed by atoms with Crippen molar-refractivity contribution in [3.8, 4) is 27.9 Å². The number of benzene rings is 10. The molecule has 3 heteroatoms. The number of aromatic nitrogens is 1. The van der Waals surface area contributed by atoms with Crippen LogP contribution in [0.3, 0.4) is 0 Å². The topological polar surface area (TPSA) is 21.3 Å². The maximum atomic E-state index is 6.47. The number of rotatable bonds is 6. The Hall–Kier alpha value is -7.88. The fourth-order valence-corrected chi connectivity index (χ4v) is 9.32. The summed E-state index contributed by atoms with van der Waals surface area (Å²) in [6, 6.07) is 78.8. The number of fused-ring (bicyclic) bond motifs is 9. The van der Waals surface area contributed by atoms with Crippen LogP contribution in [0.2, 0.25) is 0 Å². The van der Waals surface area contributed by atoms with Crippen LogP contribution in [0.4, 0.5) is 17.1 Å². The molecule has 10 aromatic carbocycles. The third-order valence-electron chi connectivity index (χ3n) is 12.0. The van der Waals surface area contributed by atoms with E-state index in [4.69, 9.17) is 4.42 Å². The van der Waals surface area contributed by atoms with Crippen LogP contribution in [-0.4, -0.2) is 4.57 Å². The number of nitrogens with zero attached hydrogens (tertiary/aromatic N) is 2. The van der Waals surface area contributed by atoms with Crippen LogP contribution in [0.25, 0.3) is 93.2 Å². The standard InChI is InChI=1S/C56H36N2O/c1-2-18-42-39(15-1)36-54(46-21-4-3-20-45(42)46)57(40-33-31-37(32-34-40)44-25-14-26-50-49-24-8-12-30-55(49)59-56(44)50)41-17-13-16-38(35-41)43-19-5-9-27-51(43)58-52-28-10-6-22-47(52)48-23-7-11-29-53(48)58/h1-36H. The number of anilines is 3. The van der Waals surface area contributed by atoms with Crippen LogP contribution in [0.1, 0.15) is 0 Å². The molecule has 0 aliphatic heterocycles. The van der Waals surface area contributed by atoms with E-state index in [-0.39, 0.29) is 0 Å². The summed E-state index contributed by atoms with van der Waals surface area (Å²) in [6.45, 7) is 0. The molecule has 0 saturated heterocycles. The predicted molar refractivity (Wildman–Crippen MR) is 249 cm³/mol. The van der Waals surface area contributed by atoms with Crippen molar-refractivity contribution in [1.29, 1.82) is 0 Å². The molecule has 0 amide bonds. The zero-order chi connectivity index (χ0) is 38.9. The summed E-state index contributed by atoms with van der Waals surface area (Å²) in [7, 11) is 0. The summed E-state index contributed by atoms with van der Waals surface area (Å²) in [6.07, 6.45) is 0. The second-order valence-electron chi connectivity index (χ2n) is 15.3. The first-order valence-electron chi connectivity index (χ1n) is 20.2. The SMILES string of the molecule is c1cc(-c2ccccc2-n2c3ccccc3c3ccccc32)cc(N(c2ccc(-c3cccc4c3oc3ccccc34)cc2)c2cc3ccccc3c3ccccc23)c1. The average Bonchev–Trinajstić information content (AvgIpc) is 3.86. The smallest absolute Gasteiger partial charge is 0.143 e. The van der Waals surface area contributed by atoms with Crippen LogP contribution in [0, 0.1) is 0 Å². The molecule has 12 rings (SSSR count). The monoisotopic (exact) mass is 752 g/mol.